The summed E-state index contributed by atoms with van der Waals surface area (Å²) in [5.41, 5.74) is 6.99. The Morgan fingerprint density at radius 3 is 2.58 bits per heavy atom. The third-order valence-electron chi connectivity index (χ3n) is 4.41. The molecule has 19 heavy (non-hydrogen) atoms. The van der Waals surface area contributed by atoms with E-state index >= 15 is 0 Å². The number of rotatable bonds is 3. The van der Waals surface area contributed by atoms with Crippen molar-refractivity contribution in [3.05, 3.63) is 30.3 Å². The number of anilines is 1. The van der Waals surface area contributed by atoms with Crippen molar-refractivity contribution in [1.29, 1.82) is 0 Å². The van der Waals surface area contributed by atoms with E-state index in [1.807, 2.05) is 30.3 Å². The van der Waals surface area contributed by atoms with E-state index < -0.39 is 0 Å². The molecule has 3 rings (SSSR count). The molecule has 1 aromatic rings. The number of hydrogen-bond donors (Lipinski definition) is 2. The molecule has 2 fully saturated rings. The molecule has 3 N–H and O–H groups in total. The Kier molecular flexibility index (Phi) is 3.72. The Labute approximate surface area is 115 Å². The maximum Gasteiger partial charge on any atom is 0.193 e. The van der Waals surface area contributed by atoms with Gasteiger partial charge in [0.15, 0.2) is 5.96 Å². The summed E-state index contributed by atoms with van der Waals surface area (Å²) in [6.45, 7) is 0. The van der Waals surface area contributed by atoms with Gasteiger partial charge in [0.2, 0.25) is 0 Å². The summed E-state index contributed by atoms with van der Waals surface area (Å²) in [4.78, 5) is 4.62. The SMILES string of the molecule is NC(=NC1CC1C1CCCCC1)Nc1ccccc1. The molecule has 3 nitrogen and oxygen atoms in total. The van der Waals surface area contributed by atoms with E-state index in [-0.39, 0.29) is 0 Å². The van der Waals surface area contributed by atoms with Crippen molar-refractivity contribution in [2.75, 3.05) is 5.32 Å². The summed E-state index contributed by atoms with van der Waals surface area (Å²) in [5.74, 6) is 2.28. The summed E-state index contributed by atoms with van der Waals surface area (Å²) < 4.78 is 0. The third kappa shape index (κ3) is 3.28. The van der Waals surface area contributed by atoms with Crippen molar-refractivity contribution in [2.24, 2.45) is 22.6 Å². The van der Waals surface area contributed by atoms with Gasteiger partial charge in [-0.3, -0.25) is 0 Å². The van der Waals surface area contributed by atoms with Crippen LogP contribution in [0.25, 0.3) is 0 Å². The normalized spacial score (nSPS) is 28.1. The van der Waals surface area contributed by atoms with Crippen LogP contribution in [0.3, 0.4) is 0 Å². The predicted molar refractivity (Wildman–Crippen MR) is 80.2 cm³/mol. The Morgan fingerprint density at radius 1 is 1.11 bits per heavy atom. The lowest BCUT2D eigenvalue weighted by atomic mass is 9.85. The van der Waals surface area contributed by atoms with Crippen molar-refractivity contribution >= 4 is 11.6 Å². The standard InChI is InChI=1S/C16H23N3/c17-16(18-13-9-5-2-6-10-13)19-15-11-14(15)12-7-3-1-4-8-12/h2,5-6,9-10,12,14-15H,1,3-4,7-8,11H2,(H3,17,18,19). The van der Waals surface area contributed by atoms with Crippen molar-refractivity contribution in [3.63, 3.8) is 0 Å². The Morgan fingerprint density at radius 2 is 1.84 bits per heavy atom. The highest BCUT2D eigenvalue weighted by molar-refractivity contribution is 5.92. The monoisotopic (exact) mass is 257 g/mol. The first kappa shape index (κ1) is 12.5. The van der Waals surface area contributed by atoms with Crippen LogP contribution < -0.4 is 11.1 Å². The second-order valence-electron chi connectivity index (χ2n) is 5.87. The molecule has 2 saturated carbocycles. The number of hydrogen-bond acceptors (Lipinski definition) is 1. The zero-order chi connectivity index (χ0) is 13.1. The highest BCUT2D eigenvalue weighted by atomic mass is 15.1. The van der Waals surface area contributed by atoms with Crippen LogP contribution in [0, 0.1) is 11.8 Å². The van der Waals surface area contributed by atoms with Gasteiger partial charge in [0.1, 0.15) is 0 Å². The smallest absolute Gasteiger partial charge is 0.193 e. The first-order valence-electron chi connectivity index (χ1n) is 7.48. The zero-order valence-corrected chi connectivity index (χ0v) is 11.4. The van der Waals surface area contributed by atoms with Gasteiger partial charge in [-0.2, -0.15) is 0 Å². The Bertz CT molecular complexity index is 435. The number of guanidine groups is 1. The second-order valence-corrected chi connectivity index (χ2v) is 5.87. The van der Waals surface area contributed by atoms with Crippen LogP contribution in [0.1, 0.15) is 38.5 Å². The van der Waals surface area contributed by atoms with Gasteiger partial charge in [-0.05, 0) is 30.4 Å². The first-order chi connectivity index (χ1) is 9.33. The van der Waals surface area contributed by atoms with Gasteiger partial charge >= 0.3 is 0 Å². The summed E-state index contributed by atoms with van der Waals surface area (Å²) in [5, 5.41) is 3.16. The molecule has 0 spiro atoms. The third-order valence-corrected chi connectivity index (χ3v) is 4.41. The number of aliphatic imine (C=N–C) groups is 1. The quantitative estimate of drug-likeness (QED) is 0.644. The average molecular weight is 257 g/mol. The maximum absolute atomic E-state index is 5.98. The van der Waals surface area contributed by atoms with Crippen LogP contribution in [0.4, 0.5) is 5.69 Å². The van der Waals surface area contributed by atoms with Crippen LogP contribution in [0.15, 0.2) is 35.3 Å². The van der Waals surface area contributed by atoms with Crippen molar-refractivity contribution in [3.8, 4) is 0 Å². The van der Waals surface area contributed by atoms with E-state index in [0.717, 1.165) is 17.5 Å². The van der Waals surface area contributed by atoms with Gasteiger partial charge < -0.3 is 11.1 Å². The second kappa shape index (κ2) is 5.64. The van der Waals surface area contributed by atoms with Crippen LogP contribution in [0.2, 0.25) is 0 Å². The molecule has 1 aromatic carbocycles. The van der Waals surface area contributed by atoms with Gasteiger partial charge in [0.25, 0.3) is 0 Å². The van der Waals surface area contributed by atoms with E-state index in [1.54, 1.807) is 0 Å². The molecule has 2 atom stereocenters. The molecule has 2 aliphatic carbocycles. The largest absolute Gasteiger partial charge is 0.370 e. The topological polar surface area (TPSA) is 50.4 Å². The summed E-state index contributed by atoms with van der Waals surface area (Å²) in [7, 11) is 0. The first-order valence-corrected chi connectivity index (χ1v) is 7.48. The minimum absolute atomic E-state index is 0.472. The van der Waals surface area contributed by atoms with Gasteiger partial charge in [-0.25, -0.2) is 4.99 Å². The molecule has 0 aliphatic heterocycles. The van der Waals surface area contributed by atoms with E-state index in [9.17, 15) is 0 Å². The van der Waals surface area contributed by atoms with Crippen molar-refractivity contribution in [1.82, 2.24) is 0 Å². The number of nitrogens with zero attached hydrogens (tertiary/aromatic N) is 1. The molecule has 0 amide bonds. The van der Waals surface area contributed by atoms with E-state index in [1.165, 1.54) is 38.5 Å². The van der Waals surface area contributed by atoms with Gasteiger partial charge in [0.05, 0.1) is 6.04 Å². The van der Waals surface area contributed by atoms with Gasteiger partial charge in [0, 0.05) is 5.69 Å². The van der Waals surface area contributed by atoms with Gasteiger partial charge in [-0.1, -0.05) is 50.3 Å². The summed E-state index contributed by atoms with van der Waals surface area (Å²) >= 11 is 0. The lowest BCUT2D eigenvalue weighted by Gasteiger charge is -2.21. The number of nitrogens with two attached hydrogens (primary N) is 1. The fraction of sp³-hybridized carbons (Fsp3) is 0.562. The highest BCUT2D eigenvalue weighted by Gasteiger charge is 2.43. The molecule has 102 valence electrons. The summed E-state index contributed by atoms with van der Waals surface area (Å²) in [6.07, 6.45) is 8.30. The lowest BCUT2D eigenvalue weighted by molar-refractivity contribution is 0.318. The predicted octanol–water partition coefficient (Wildman–Crippen LogP) is 3.38. The molecule has 0 aromatic heterocycles. The number of benzene rings is 1. The summed E-state index contributed by atoms with van der Waals surface area (Å²) in [6, 6.07) is 10.5. The lowest BCUT2D eigenvalue weighted by Crippen LogP contribution is -2.23. The zero-order valence-electron chi connectivity index (χ0n) is 11.4. The minimum atomic E-state index is 0.472. The molecule has 0 heterocycles. The van der Waals surface area contributed by atoms with E-state index in [4.69, 9.17) is 5.73 Å². The Hall–Kier alpha value is -1.51. The maximum atomic E-state index is 5.98. The molecular weight excluding hydrogens is 234 g/mol. The molecule has 0 bridgehead atoms. The van der Waals surface area contributed by atoms with Crippen LogP contribution >= 0.6 is 0 Å². The Balaban J connectivity index is 1.52. The number of nitrogens with one attached hydrogen (secondary N) is 1. The van der Waals surface area contributed by atoms with Crippen LogP contribution in [-0.4, -0.2) is 12.0 Å². The van der Waals surface area contributed by atoms with Crippen molar-refractivity contribution in [2.45, 2.75) is 44.6 Å². The highest BCUT2D eigenvalue weighted by Crippen LogP contribution is 2.46. The number of para-hydroxylation sites is 1. The molecule has 0 saturated heterocycles. The molecular formula is C16H23N3. The fourth-order valence-electron chi connectivity index (χ4n) is 3.30. The minimum Gasteiger partial charge on any atom is -0.370 e. The molecule has 2 aliphatic rings. The molecule has 2 unspecified atom stereocenters. The van der Waals surface area contributed by atoms with Gasteiger partial charge in [-0.15, -0.1) is 0 Å². The molecule has 3 heteroatoms. The fourth-order valence-corrected chi connectivity index (χ4v) is 3.30. The van der Waals surface area contributed by atoms with E-state index in [0.29, 0.717) is 12.0 Å². The van der Waals surface area contributed by atoms with E-state index in [2.05, 4.69) is 10.3 Å². The van der Waals surface area contributed by atoms with Crippen LogP contribution in [0.5, 0.6) is 0 Å². The average Bonchev–Trinajstić information content (AvgIpc) is 3.20. The van der Waals surface area contributed by atoms with Crippen molar-refractivity contribution < 1.29 is 0 Å². The molecule has 0 radical (unpaired) electrons. The van der Waals surface area contributed by atoms with Crippen LogP contribution in [-0.2, 0) is 0 Å².